The van der Waals surface area contributed by atoms with Gasteiger partial charge in [0.1, 0.15) is 12.1 Å². The van der Waals surface area contributed by atoms with E-state index in [9.17, 15) is 0 Å². The van der Waals surface area contributed by atoms with Crippen molar-refractivity contribution in [2.24, 2.45) is 23.4 Å². The Hall–Kier alpha value is -1.65. The highest BCUT2D eigenvalue weighted by Crippen LogP contribution is 2.42. The third kappa shape index (κ3) is 6.16. The van der Waals surface area contributed by atoms with Crippen LogP contribution in [0.4, 0.5) is 5.82 Å². The Morgan fingerprint density at radius 2 is 1.97 bits per heavy atom. The molecule has 1 fully saturated rings. The molecule has 0 unspecified atom stereocenters. The van der Waals surface area contributed by atoms with E-state index < -0.39 is 0 Å². The summed E-state index contributed by atoms with van der Waals surface area (Å²) in [5.41, 5.74) is 1.26. The van der Waals surface area contributed by atoms with Gasteiger partial charge in [0.2, 0.25) is 0 Å². The van der Waals surface area contributed by atoms with Crippen LogP contribution < -0.4 is 16.0 Å². The third-order valence-corrected chi connectivity index (χ3v) is 5.60. The van der Waals surface area contributed by atoms with Crippen molar-refractivity contribution in [3.8, 4) is 0 Å². The van der Waals surface area contributed by atoms with Crippen molar-refractivity contribution in [3.05, 3.63) is 12.5 Å². The number of aryl methyl sites for hydroxylation is 1. The summed E-state index contributed by atoms with van der Waals surface area (Å²) in [6, 6.07) is 0. The van der Waals surface area contributed by atoms with Crippen molar-refractivity contribution in [2.75, 3.05) is 32.0 Å². The molecule has 8 nitrogen and oxygen atoms in total. The van der Waals surface area contributed by atoms with E-state index in [2.05, 4.69) is 49.9 Å². The first-order chi connectivity index (χ1) is 13.5. The van der Waals surface area contributed by atoms with Crippen molar-refractivity contribution in [1.29, 1.82) is 0 Å². The number of fused-ring (bicyclic) bond motifs is 1. The van der Waals surface area contributed by atoms with Gasteiger partial charge in [0.05, 0.1) is 11.6 Å². The first-order valence-corrected chi connectivity index (χ1v) is 10.3. The first kappa shape index (κ1) is 23.6. The molecular weight excluding hydrogens is 479 g/mol. The molecule has 162 valence electrons. The van der Waals surface area contributed by atoms with Gasteiger partial charge >= 0.3 is 0 Å². The van der Waals surface area contributed by atoms with E-state index in [4.69, 9.17) is 0 Å². The lowest BCUT2D eigenvalue weighted by Crippen LogP contribution is -2.44. The summed E-state index contributed by atoms with van der Waals surface area (Å²) < 4.78 is 1.75. The average molecular weight is 514 g/mol. The number of hydrogen-bond acceptors (Lipinski definition) is 5. The molecular formula is C20H35IN8. The molecule has 1 aliphatic rings. The fourth-order valence-corrected chi connectivity index (χ4v) is 4.40. The molecule has 9 heteroatoms. The van der Waals surface area contributed by atoms with Crippen molar-refractivity contribution in [3.63, 3.8) is 0 Å². The number of nitrogens with zero attached hydrogens (tertiary/aromatic N) is 5. The number of guanidine groups is 1. The van der Waals surface area contributed by atoms with E-state index in [0.717, 1.165) is 48.4 Å². The average Bonchev–Trinajstić information content (AvgIpc) is 3.28. The summed E-state index contributed by atoms with van der Waals surface area (Å²) in [4.78, 5) is 13.0. The van der Waals surface area contributed by atoms with Gasteiger partial charge in [-0.2, -0.15) is 5.10 Å². The van der Waals surface area contributed by atoms with Crippen molar-refractivity contribution in [2.45, 2.75) is 46.0 Å². The molecule has 0 amide bonds. The Balaban J connectivity index is 0.00000300. The normalized spacial score (nSPS) is 16.1. The van der Waals surface area contributed by atoms with Crippen LogP contribution in [-0.4, -0.2) is 52.4 Å². The van der Waals surface area contributed by atoms with Crippen LogP contribution >= 0.6 is 24.0 Å². The molecule has 0 aromatic carbocycles. The van der Waals surface area contributed by atoms with Crippen LogP contribution in [0.15, 0.2) is 17.5 Å². The minimum Gasteiger partial charge on any atom is -0.368 e. The predicted molar refractivity (Wildman–Crippen MR) is 130 cm³/mol. The Bertz CT molecular complexity index is 795. The van der Waals surface area contributed by atoms with E-state index in [-0.39, 0.29) is 24.0 Å². The van der Waals surface area contributed by atoms with Crippen LogP contribution in [0.1, 0.15) is 46.0 Å². The highest BCUT2D eigenvalue weighted by Gasteiger charge is 2.34. The van der Waals surface area contributed by atoms with Gasteiger partial charge in [-0.1, -0.05) is 26.7 Å². The van der Waals surface area contributed by atoms with Gasteiger partial charge in [-0.05, 0) is 30.6 Å². The van der Waals surface area contributed by atoms with Crippen LogP contribution in [0.5, 0.6) is 0 Å². The molecule has 1 aliphatic carbocycles. The van der Waals surface area contributed by atoms with Gasteiger partial charge in [-0.3, -0.25) is 9.67 Å². The van der Waals surface area contributed by atoms with Gasteiger partial charge in [0.15, 0.2) is 11.6 Å². The topological polar surface area (TPSA) is 92.1 Å². The molecule has 0 saturated heterocycles. The van der Waals surface area contributed by atoms with Crippen LogP contribution in [0, 0.1) is 11.3 Å². The molecule has 2 aromatic rings. The second-order valence-corrected chi connectivity index (χ2v) is 8.31. The zero-order valence-electron chi connectivity index (χ0n) is 18.0. The maximum absolute atomic E-state index is 4.38. The number of halogens is 1. The van der Waals surface area contributed by atoms with Crippen LogP contribution in [0.25, 0.3) is 11.0 Å². The zero-order valence-corrected chi connectivity index (χ0v) is 20.4. The van der Waals surface area contributed by atoms with E-state index >= 15 is 0 Å². The third-order valence-electron chi connectivity index (χ3n) is 5.60. The monoisotopic (exact) mass is 514 g/mol. The molecule has 29 heavy (non-hydrogen) atoms. The summed E-state index contributed by atoms with van der Waals surface area (Å²) in [7, 11) is 3.71. The number of rotatable bonds is 8. The SMILES string of the molecule is CN=C(NCCNc1ncnc2c1cnn2C)NCC1(CC(C)C)CCCC1.I. The summed E-state index contributed by atoms with van der Waals surface area (Å²) in [5.74, 6) is 2.41. The lowest BCUT2D eigenvalue weighted by atomic mass is 9.78. The largest absolute Gasteiger partial charge is 0.368 e. The second kappa shape index (κ2) is 10.9. The molecule has 0 spiro atoms. The summed E-state index contributed by atoms with van der Waals surface area (Å²) in [5, 5.41) is 15.5. The zero-order chi connectivity index (χ0) is 20.0. The molecule has 2 heterocycles. The highest BCUT2D eigenvalue weighted by molar-refractivity contribution is 14.0. The second-order valence-electron chi connectivity index (χ2n) is 8.31. The lowest BCUT2D eigenvalue weighted by Gasteiger charge is -2.32. The van der Waals surface area contributed by atoms with Gasteiger partial charge in [-0.25, -0.2) is 9.97 Å². The van der Waals surface area contributed by atoms with Crippen LogP contribution in [-0.2, 0) is 7.05 Å². The van der Waals surface area contributed by atoms with Crippen molar-refractivity contribution >= 4 is 46.8 Å². The smallest absolute Gasteiger partial charge is 0.191 e. The van der Waals surface area contributed by atoms with Crippen LogP contribution in [0.2, 0.25) is 0 Å². The molecule has 3 rings (SSSR count). The lowest BCUT2D eigenvalue weighted by molar-refractivity contribution is 0.235. The molecule has 0 bridgehead atoms. The van der Waals surface area contributed by atoms with Crippen molar-refractivity contribution in [1.82, 2.24) is 30.4 Å². The Morgan fingerprint density at radius 3 is 2.66 bits per heavy atom. The quantitative estimate of drug-likeness (QED) is 0.217. The summed E-state index contributed by atoms with van der Waals surface area (Å²) in [6.45, 7) is 7.14. The van der Waals surface area contributed by atoms with E-state index in [1.807, 2.05) is 14.1 Å². The van der Waals surface area contributed by atoms with E-state index in [1.165, 1.54) is 32.1 Å². The molecule has 3 N–H and O–H groups in total. The Morgan fingerprint density at radius 1 is 1.21 bits per heavy atom. The van der Waals surface area contributed by atoms with Crippen molar-refractivity contribution < 1.29 is 0 Å². The number of aliphatic imine (C=N–C) groups is 1. The maximum Gasteiger partial charge on any atom is 0.191 e. The summed E-state index contributed by atoms with van der Waals surface area (Å²) >= 11 is 0. The number of hydrogen-bond donors (Lipinski definition) is 3. The van der Waals surface area contributed by atoms with Crippen LogP contribution in [0.3, 0.4) is 0 Å². The highest BCUT2D eigenvalue weighted by atomic mass is 127. The summed E-state index contributed by atoms with van der Waals surface area (Å²) in [6.07, 6.45) is 10.0. The van der Waals surface area contributed by atoms with E-state index in [1.54, 1.807) is 17.2 Å². The Kier molecular flexibility index (Phi) is 8.91. The minimum absolute atomic E-state index is 0. The fraction of sp³-hybridized carbons (Fsp3) is 0.700. The molecule has 0 radical (unpaired) electrons. The first-order valence-electron chi connectivity index (χ1n) is 10.3. The Labute approximate surface area is 190 Å². The maximum atomic E-state index is 4.38. The predicted octanol–water partition coefficient (Wildman–Crippen LogP) is 3.16. The minimum atomic E-state index is 0. The number of nitrogens with one attached hydrogen (secondary N) is 3. The molecule has 1 saturated carbocycles. The van der Waals surface area contributed by atoms with Gasteiger partial charge in [0, 0.05) is 33.7 Å². The number of aromatic nitrogens is 4. The molecule has 0 atom stereocenters. The fourth-order valence-electron chi connectivity index (χ4n) is 4.40. The standard InChI is InChI=1S/C20H34N8.HI/c1-15(2)11-20(7-5-6-8-20)13-24-19(21-3)23-10-9-22-17-16-12-27-28(4)18(16)26-14-25-17;/h12,14-15H,5-11,13H2,1-4H3,(H2,21,23,24)(H,22,25,26);1H. The number of anilines is 1. The van der Waals surface area contributed by atoms with E-state index in [0.29, 0.717) is 5.41 Å². The van der Waals surface area contributed by atoms with Gasteiger partial charge in [0.25, 0.3) is 0 Å². The molecule has 2 aromatic heterocycles. The molecule has 0 aliphatic heterocycles. The van der Waals surface area contributed by atoms with Gasteiger partial charge in [-0.15, -0.1) is 24.0 Å². The van der Waals surface area contributed by atoms with Gasteiger partial charge < -0.3 is 16.0 Å².